The van der Waals surface area contributed by atoms with Gasteiger partial charge in [-0.1, -0.05) is 54.1 Å². The molecule has 1 fully saturated rings. The van der Waals surface area contributed by atoms with Crippen LogP contribution < -0.4 is 5.73 Å². The topological polar surface area (TPSA) is 55.6 Å². The number of nitrogens with two attached hydrogens (primary N) is 1. The van der Waals surface area contributed by atoms with Crippen molar-refractivity contribution in [2.75, 3.05) is 13.7 Å². The van der Waals surface area contributed by atoms with Gasteiger partial charge in [0.1, 0.15) is 0 Å². The smallest absolute Gasteiger partial charge is 0.409 e. The zero-order valence-electron chi connectivity index (χ0n) is 14.9. The van der Waals surface area contributed by atoms with Crippen LogP contribution in [-0.4, -0.2) is 36.7 Å². The predicted molar refractivity (Wildman–Crippen MR) is 100 cm³/mol. The third kappa shape index (κ3) is 4.02. The molecule has 2 aromatic rings. The summed E-state index contributed by atoms with van der Waals surface area (Å²) in [5.74, 6) is 0. The lowest BCUT2D eigenvalue weighted by Gasteiger charge is -2.39. The summed E-state index contributed by atoms with van der Waals surface area (Å²) in [6.45, 7) is 2.80. The van der Waals surface area contributed by atoms with E-state index in [2.05, 4.69) is 55.5 Å². The molecule has 0 saturated carbocycles. The summed E-state index contributed by atoms with van der Waals surface area (Å²) in [6.07, 6.45) is 2.33. The molecule has 0 radical (unpaired) electrons. The highest BCUT2D eigenvalue weighted by Gasteiger charge is 2.32. The van der Waals surface area contributed by atoms with Crippen molar-refractivity contribution in [3.05, 3.63) is 59.7 Å². The Kier molecular flexibility index (Phi) is 5.39. The highest BCUT2D eigenvalue weighted by molar-refractivity contribution is 5.68. The van der Waals surface area contributed by atoms with Gasteiger partial charge in [-0.15, -0.1) is 0 Å². The number of benzene rings is 2. The summed E-state index contributed by atoms with van der Waals surface area (Å²) >= 11 is 0. The van der Waals surface area contributed by atoms with Gasteiger partial charge in [-0.3, -0.25) is 0 Å². The minimum atomic E-state index is -0.283. The Labute approximate surface area is 149 Å². The molecule has 1 saturated heterocycles. The van der Waals surface area contributed by atoms with Gasteiger partial charge >= 0.3 is 6.09 Å². The molecule has 1 aliphatic heterocycles. The first-order valence-electron chi connectivity index (χ1n) is 8.84. The van der Waals surface area contributed by atoms with Crippen molar-refractivity contribution < 1.29 is 9.53 Å². The van der Waals surface area contributed by atoms with Gasteiger partial charge in [-0.25, -0.2) is 4.79 Å². The van der Waals surface area contributed by atoms with E-state index in [1.165, 1.54) is 29.4 Å². The van der Waals surface area contributed by atoms with Crippen LogP contribution in [0.4, 0.5) is 4.79 Å². The molecule has 25 heavy (non-hydrogen) atoms. The number of rotatable bonds is 3. The molecule has 2 atom stereocenters. The Balaban J connectivity index is 1.82. The fourth-order valence-electron chi connectivity index (χ4n) is 3.56. The summed E-state index contributed by atoms with van der Waals surface area (Å²) in [4.78, 5) is 13.9. The predicted octanol–water partition coefficient (Wildman–Crippen LogP) is 3.76. The average molecular weight is 338 g/mol. The molecule has 2 aromatic carbocycles. The molecule has 1 aliphatic rings. The molecule has 0 bridgehead atoms. The Morgan fingerprint density at radius 2 is 1.96 bits per heavy atom. The fourth-order valence-corrected chi connectivity index (χ4v) is 3.56. The van der Waals surface area contributed by atoms with E-state index in [9.17, 15) is 4.79 Å². The molecule has 0 spiro atoms. The summed E-state index contributed by atoms with van der Waals surface area (Å²) in [6, 6.07) is 17.0. The molecule has 0 aliphatic carbocycles. The number of hydrogen-bond donors (Lipinski definition) is 1. The van der Waals surface area contributed by atoms with E-state index in [1.54, 1.807) is 4.90 Å². The first-order chi connectivity index (χ1) is 12.1. The van der Waals surface area contributed by atoms with Crippen molar-refractivity contribution in [1.29, 1.82) is 0 Å². The summed E-state index contributed by atoms with van der Waals surface area (Å²) < 4.78 is 4.94. The van der Waals surface area contributed by atoms with Crippen molar-refractivity contribution >= 4 is 6.09 Å². The van der Waals surface area contributed by atoms with Crippen LogP contribution >= 0.6 is 0 Å². The molecule has 1 amide bonds. The van der Waals surface area contributed by atoms with Crippen LogP contribution in [0, 0.1) is 6.92 Å². The van der Waals surface area contributed by atoms with E-state index in [0.29, 0.717) is 6.54 Å². The van der Waals surface area contributed by atoms with Crippen molar-refractivity contribution in [3.8, 4) is 11.1 Å². The minimum absolute atomic E-state index is 0.0177. The van der Waals surface area contributed by atoms with Crippen LogP contribution in [-0.2, 0) is 11.2 Å². The largest absolute Gasteiger partial charge is 0.453 e. The Hall–Kier alpha value is -2.33. The van der Waals surface area contributed by atoms with Crippen LogP contribution in [0.15, 0.2) is 48.5 Å². The van der Waals surface area contributed by atoms with E-state index >= 15 is 0 Å². The highest BCUT2D eigenvalue weighted by Crippen LogP contribution is 2.25. The summed E-state index contributed by atoms with van der Waals surface area (Å²) in [7, 11) is 1.43. The summed E-state index contributed by atoms with van der Waals surface area (Å²) in [5.41, 5.74) is 11.2. The lowest BCUT2D eigenvalue weighted by atomic mass is 9.90. The highest BCUT2D eigenvalue weighted by atomic mass is 16.5. The van der Waals surface area contributed by atoms with Gasteiger partial charge in [0.25, 0.3) is 0 Å². The second kappa shape index (κ2) is 7.70. The lowest BCUT2D eigenvalue weighted by molar-refractivity contribution is 0.0820. The van der Waals surface area contributed by atoms with Crippen LogP contribution in [0.5, 0.6) is 0 Å². The second-order valence-corrected chi connectivity index (χ2v) is 6.81. The number of nitrogens with zero attached hydrogens (tertiary/aromatic N) is 1. The van der Waals surface area contributed by atoms with Crippen LogP contribution in [0.2, 0.25) is 0 Å². The van der Waals surface area contributed by atoms with Gasteiger partial charge in [0, 0.05) is 12.6 Å². The van der Waals surface area contributed by atoms with Crippen molar-refractivity contribution in [2.45, 2.75) is 38.3 Å². The van der Waals surface area contributed by atoms with Crippen molar-refractivity contribution in [2.24, 2.45) is 5.73 Å². The molecule has 0 aromatic heterocycles. The van der Waals surface area contributed by atoms with Gasteiger partial charge in [-0.2, -0.15) is 0 Å². The first kappa shape index (κ1) is 17.5. The molecular weight excluding hydrogens is 312 g/mol. The van der Waals surface area contributed by atoms with E-state index in [1.807, 2.05) is 0 Å². The quantitative estimate of drug-likeness (QED) is 0.927. The number of carbonyl (C=O) groups excluding carboxylic acids is 1. The van der Waals surface area contributed by atoms with Crippen molar-refractivity contribution in [1.82, 2.24) is 4.90 Å². The first-order valence-corrected chi connectivity index (χ1v) is 8.84. The van der Waals surface area contributed by atoms with E-state index in [0.717, 1.165) is 19.3 Å². The Morgan fingerprint density at radius 1 is 1.20 bits per heavy atom. The molecule has 3 rings (SSSR count). The standard InChI is InChI=1S/C21H26N2O2/c1-15-8-10-17(11-9-15)18-6-3-5-16(13-18)14-20-19(22)7-4-12-23(20)21(24)25-2/h3,5-6,8-11,13,19-20H,4,7,12,14,22H2,1-2H3. The summed E-state index contributed by atoms with van der Waals surface area (Å²) in [5, 5.41) is 0. The van der Waals surface area contributed by atoms with E-state index in [4.69, 9.17) is 10.5 Å². The zero-order chi connectivity index (χ0) is 17.8. The number of amides is 1. The van der Waals surface area contributed by atoms with Crippen LogP contribution in [0.1, 0.15) is 24.0 Å². The molecule has 2 N–H and O–H groups in total. The molecule has 4 heteroatoms. The van der Waals surface area contributed by atoms with Crippen molar-refractivity contribution in [3.63, 3.8) is 0 Å². The normalized spacial score (nSPS) is 20.4. The minimum Gasteiger partial charge on any atom is -0.453 e. The van der Waals surface area contributed by atoms with E-state index < -0.39 is 0 Å². The second-order valence-electron chi connectivity index (χ2n) is 6.81. The number of aryl methyl sites for hydroxylation is 1. The zero-order valence-corrected chi connectivity index (χ0v) is 14.9. The third-order valence-corrected chi connectivity index (χ3v) is 5.00. The van der Waals surface area contributed by atoms with Gasteiger partial charge in [0.05, 0.1) is 13.2 Å². The maximum absolute atomic E-state index is 12.1. The Morgan fingerprint density at radius 3 is 2.68 bits per heavy atom. The molecule has 4 nitrogen and oxygen atoms in total. The molecule has 132 valence electrons. The number of likely N-dealkylation sites (tertiary alicyclic amines) is 1. The molecular formula is C21H26N2O2. The van der Waals surface area contributed by atoms with Crippen LogP contribution in [0.3, 0.4) is 0 Å². The molecule has 1 heterocycles. The number of ether oxygens (including phenoxy) is 1. The monoisotopic (exact) mass is 338 g/mol. The van der Waals surface area contributed by atoms with Gasteiger partial charge < -0.3 is 15.4 Å². The third-order valence-electron chi connectivity index (χ3n) is 5.00. The lowest BCUT2D eigenvalue weighted by Crippen LogP contribution is -2.55. The van der Waals surface area contributed by atoms with Crippen LogP contribution in [0.25, 0.3) is 11.1 Å². The number of hydrogen-bond acceptors (Lipinski definition) is 3. The number of piperidine rings is 1. The van der Waals surface area contributed by atoms with E-state index in [-0.39, 0.29) is 18.2 Å². The SMILES string of the molecule is COC(=O)N1CCCC(N)C1Cc1cccc(-c2ccc(C)cc2)c1. The van der Waals surface area contributed by atoms with Gasteiger partial charge in [-0.05, 0) is 42.9 Å². The molecule has 2 unspecified atom stereocenters. The van der Waals surface area contributed by atoms with Gasteiger partial charge in [0.2, 0.25) is 0 Å². The number of carbonyl (C=O) groups is 1. The maximum Gasteiger partial charge on any atom is 0.409 e. The van der Waals surface area contributed by atoms with Gasteiger partial charge in [0.15, 0.2) is 0 Å². The maximum atomic E-state index is 12.1. The number of methoxy groups -OCH3 is 1. The average Bonchev–Trinajstić information content (AvgIpc) is 2.63. The fraction of sp³-hybridized carbons (Fsp3) is 0.381. The Bertz CT molecular complexity index is 727.